The minimum atomic E-state index is -1.04. The Balaban J connectivity index is 1.78. The third-order valence-corrected chi connectivity index (χ3v) is 4.93. The minimum absolute atomic E-state index is 0.141. The summed E-state index contributed by atoms with van der Waals surface area (Å²) in [5.41, 5.74) is 1.50. The molecule has 0 aliphatic carbocycles. The van der Waals surface area contributed by atoms with Crippen LogP contribution in [0.25, 0.3) is 11.1 Å². The largest absolute Gasteiger partial charge is 0.481 e. The summed E-state index contributed by atoms with van der Waals surface area (Å²) in [7, 11) is 0. The number of carboxylic acids is 1. The van der Waals surface area contributed by atoms with Crippen LogP contribution < -0.4 is 11.0 Å². The van der Waals surface area contributed by atoms with Crippen molar-refractivity contribution in [2.45, 2.75) is 32.7 Å². The van der Waals surface area contributed by atoms with E-state index in [2.05, 4.69) is 20.5 Å². The molecule has 1 aromatic heterocycles. The number of carbonyl (C=O) groups excluding carboxylic acids is 1. The van der Waals surface area contributed by atoms with Crippen LogP contribution in [-0.2, 0) is 11.2 Å². The van der Waals surface area contributed by atoms with Crippen LogP contribution in [0, 0.1) is 5.41 Å². The fraction of sp³-hybridized carbons (Fsp3) is 0.273. The molecule has 1 atom stereocenters. The van der Waals surface area contributed by atoms with E-state index in [4.69, 9.17) is 0 Å². The van der Waals surface area contributed by atoms with Crippen molar-refractivity contribution in [1.82, 2.24) is 20.5 Å². The number of amides is 1. The first-order chi connectivity index (χ1) is 14.2. The Morgan fingerprint density at radius 3 is 2.27 bits per heavy atom. The molecule has 1 amide bonds. The summed E-state index contributed by atoms with van der Waals surface area (Å²) < 4.78 is 0. The van der Waals surface area contributed by atoms with Gasteiger partial charge in [-0.05, 0) is 43.4 Å². The molecule has 0 saturated carbocycles. The monoisotopic (exact) mass is 408 g/mol. The first kappa shape index (κ1) is 21.0. The van der Waals surface area contributed by atoms with Crippen molar-refractivity contribution in [1.29, 1.82) is 0 Å². The molecule has 0 aliphatic rings. The van der Waals surface area contributed by atoms with E-state index >= 15 is 0 Å². The van der Waals surface area contributed by atoms with Crippen LogP contribution in [0.15, 0.2) is 59.4 Å². The highest BCUT2D eigenvalue weighted by atomic mass is 16.4. The number of aromatic amines is 2. The maximum Gasteiger partial charge on any atom is 0.341 e. The SMILES string of the molecule is CC(C)(C[C@@H](Cc1ccc(-c2ccccc2)cc1)NC(=O)c1n[nH]c(=O)[nH]1)C(=O)O. The van der Waals surface area contributed by atoms with Crippen molar-refractivity contribution >= 4 is 11.9 Å². The summed E-state index contributed by atoms with van der Waals surface area (Å²) in [4.78, 5) is 37.5. The number of hydrogen-bond acceptors (Lipinski definition) is 4. The molecule has 2 aromatic carbocycles. The Morgan fingerprint density at radius 2 is 1.70 bits per heavy atom. The molecule has 3 aromatic rings. The van der Waals surface area contributed by atoms with Gasteiger partial charge >= 0.3 is 11.7 Å². The van der Waals surface area contributed by atoms with Crippen molar-refractivity contribution in [3.8, 4) is 11.1 Å². The van der Waals surface area contributed by atoms with E-state index in [1.165, 1.54) is 0 Å². The predicted octanol–water partition coefficient (Wildman–Crippen LogP) is 2.61. The third kappa shape index (κ3) is 5.22. The second kappa shape index (κ2) is 8.77. The van der Waals surface area contributed by atoms with Crippen LogP contribution in [0.4, 0.5) is 0 Å². The highest BCUT2D eigenvalue weighted by Crippen LogP contribution is 2.25. The molecular formula is C22H24N4O4. The highest BCUT2D eigenvalue weighted by Gasteiger charge is 2.32. The van der Waals surface area contributed by atoms with Gasteiger partial charge in [0, 0.05) is 6.04 Å². The van der Waals surface area contributed by atoms with Gasteiger partial charge in [-0.3, -0.25) is 14.6 Å². The van der Waals surface area contributed by atoms with Crippen molar-refractivity contribution < 1.29 is 14.7 Å². The Morgan fingerprint density at radius 1 is 1.07 bits per heavy atom. The molecule has 0 unspecified atom stereocenters. The van der Waals surface area contributed by atoms with Gasteiger partial charge in [0.05, 0.1) is 5.41 Å². The molecule has 156 valence electrons. The smallest absolute Gasteiger partial charge is 0.341 e. The molecule has 0 saturated heterocycles. The van der Waals surface area contributed by atoms with Crippen LogP contribution in [-0.4, -0.2) is 38.2 Å². The molecule has 30 heavy (non-hydrogen) atoms. The summed E-state index contributed by atoms with van der Waals surface area (Å²) in [6.07, 6.45) is 0.648. The number of H-pyrrole nitrogens is 2. The van der Waals surface area contributed by atoms with E-state index in [-0.39, 0.29) is 12.2 Å². The van der Waals surface area contributed by atoms with E-state index in [1.54, 1.807) is 13.8 Å². The number of benzene rings is 2. The number of aliphatic carboxylic acids is 1. The lowest BCUT2D eigenvalue weighted by Crippen LogP contribution is -2.42. The predicted molar refractivity (Wildman–Crippen MR) is 112 cm³/mol. The van der Waals surface area contributed by atoms with Gasteiger partial charge in [0.15, 0.2) is 0 Å². The average Bonchev–Trinajstić information content (AvgIpc) is 3.15. The van der Waals surface area contributed by atoms with Gasteiger partial charge in [-0.25, -0.2) is 9.89 Å². The molecule has 0 bridgehead atoms. The summed E-state index contributed by atoms with van der Waals surface area (Å²) in [5.74, 6) is -1.66. The summed E-state index contributed by atoms with van der Waals surface area (Å²) in [5, 5.41) is 18.1. The molecule has 0 spiro atoms. The Labute approximate surface area is 173 Å². The third-order valence-electron chi connectivity index (χ3n) is 4.93. The van der Waals surface area contributed by atoms with Gasteiger partial charge in [-0.1, -0.05) is 54.6 Å². The van der Waals surface area contributed by atoms with Gasteiger partial charge in [0.2, 0.25) is 5.82 Å². The zero-order valence-corrected chi connectivity index (χ0v) is 16.8. The average molecular weight is 408 g/mol. The van der Waals surface area contributed by atoms with Crippen LogP contribution in [0.5, 0.6) is 0 Å². The van der Waals surface area contributed by atoms with Crippen LogP contribution in [0.1, 0.15) is 36.5 Å². The van der Waals surface area contributed by atoms with Gasteiger partial charge < -0.3 is 10.4 Å². The molecule has 3 rings (SSSR count). The Kier molecular flexibility index (Phi) is 6.15. The summed E-state index contributed by atoms with van der Waals surface area (Å²) in [6, 6.07) is 17.4. The van der Waals surface area contributed by atoms with Gasteiger partial charge in [0.25, 0.3) is 5.91 Å². The van der Waals surface area contributed by atoms with Crippen LogP contribution in [0.2, 0.25) is 0 Å². The van der Waals surface area contributed by atoms with Crippen molar-refractivity contribution in [3.63, 3.8) is 0 Å². The topological polar surface area (TPSA) is 128 Å². The second-order valence-corrected chi connectivity index (χ2v) is 7.86. The van der Waals surface area contributed by atoms with Crippen LogP contribution >= 0.6 is 0 Å². The number of nitrogens with zero attached hydrogens (tertiary/aromatic N) is 1. The number of aromatic nitrogens is 3. The van der Waals surface area contributed by atoms with Crippen LogP contribution in [0.3, 0.4) is 0 Å². The van der Waals surface area contributed by atoms with E-state index in [0.29, 0.717) is 6.42 Å². The van der Waals surface area contributed by atoms with Gasteiger partial charge in [0.1, 0.15) is 0 Å². The number of rotatable bonds is 8. The quantitative estimate of drug-likeness (QED) is 0.455. The van der Waals surface area contributed by atoms with E-state index in [9.17, 15) is 19.5 Å². The molecule has 0 aliphatic heterocycles. The van der Waals surface area contributed by atoms with Crippen molar-refractivity contribution in [2.75, 3.05) is 0 Å². The standard InChI is InChI=1S/C22H24N4O4/c1-22(2,20(28)29)13-17(23-19(27)18-24-21(30)26-25-18)12-14-8-10-16(11-9-14)15-6-4-3-5-7-15/h3-11,17H,12-13H2,1-2H3,(H,23,27)(H,28,29)(H2,24,25,26,30)/t17-/m1/s1. The lowest BCUT2D eigenvalue weighted by molar-refractivity contribution is -0.147. The summed E-state index contributed by atoms with van der Waals surface area (Å²) >= 11 is 0. The van der Waals surface area contributed by atoms with Crippen molar-refractivity contribution in [2.24, 2.45) is 5.41 Å². The lowest BCUT2D eigenvalue weighted by atomic mass is 9.83. The zero-order valence-electron chi connectivity index (χ0n) is 16.8. The molecule has 8 nitrogen and oxygen atoms in total. The van der Waals surface area contributed by atoms with Gasteiger partial charge in [-0.2, -0.15) is 0 Å². The molecular weight excluding hydrogens is 384 g/mol. The lowest BCUT2D eigenvalue weighted by Gasteiger charge is -2.26. The zero-order chi connectivity index (χ0) is 21.7. The maximum atomic E-state index is 12.4. The molecule has 0 radical (unpaired) electrons. The Bertz CT molecular complexity index is 1070. The van der Waals surface area contributed by atoms with Gasteiger partial charge in [-0.15, -0.1) is 5.10 Å². The molecule has 4 N–H and O–H groups in total. The summed E-state index contributed by atoms with van der Waals surface area (Å²) in [6.45, 7) is 3.23. The maximum absolute atomic E-state index is 12.4. The number of carbonyl (C=O) groups is 2. The van der Waals surface area contributed by atoms with E-state index in [0.717, 1.165) is 16.7 Å². The normalized spacial score (nSPS) is 12.3. The number of carboxylic acid groups (broad SMARTS) is 1. The minimum Gasteiger partial charge on any atom is -0.481 e. The second-order valence-electron chi connectivity index (χ2n) is 7.86. The Hall–Kier alpha value is -3.68. The fourth-order valence-electron chi connectivity index (χ4n) is 3.26. The van der Waals surface area contributed by atoms with E-state index in [1.807, 2.05) is 54.6 Å². The molecule has 0 fully saturated rings. The fourth-order valence-corrected chi connectivity index (χ4v) is 3.26. The van der Waals surface area contributed by atoms with Crippen molar-refractivity contribution in [3.05, 3.63) is 76.5 Å². The van der Waals surface area contributed by atoms with E-state index < -0.39 is 29.0 Å². The molecule has 8 heteroatoms. The first-order valence-electron chi connectivity index (χ1n) is 9.58. The number of hydrogen-bond donors (Lipinski definition) is 4. The molecule has 1 heterocycles. The first-order valence-corrected chi connectivity index (χ1v) is 9.58. The number of nitrogens with one attached hydrogen (secondary N) is 3. The highest BCUT2D eigenvalue weighted by molar-refractivity contribution is 5.90.